The summed E-state index contributed by atoms with van der Waals surface area (Å²) in [7, 11) is 6.34. The van der Waals surface area contributed by atoms with Crippen molar-refractivity contribution in [1.82, 2.24) is 19.7 Å². The lowest BCUT2D eigenvalue weighted by atomic mass is 9.88. The number of nitrogen functional groups attached to an aromatic ring is 2. The van der Waals surface area contributed by atoms with E-state index < -0.39 is 87.4 Å². The Labute approximate surface area is 769 Å². The van der Waals surface area contributed by atoms with E-state index >= 15 is 0 Å². The number of amides is 3. The fourth-order valence-corrected chi connectivity index (χ4v) is 15.7. The van der Waals surface area contributed by atoms with Crippen LogP contribution in [0.5, 0.6) is 23.0 Å². The number of aromatic nitrogens is 1. The van der Waals surface area contributed by atoms with Gasteiger partial charge in [-0.15, -0.1) is 0 Å². The van der Waals surface area contributed by atoms with Crippen LogP contribution in [0, 0.1) is 34.9 Å². The summed E-state index contributed by atoms with van der Waals surface area (Å²) < 4.78 is 110. The molecule has 0 unspecified atom stereocenters. The summed E-state index contributed by atoms with van der Waals surface area (Å²) in [4.78, 5) is 130. The number of esters is 1. The number of aromatic carboxylic acids is 3. The lowest BCUT2D eigenvalue weighted by Gasteiger charge is -2.52. The van der Waals surface area contributed by atoms with Gasteiger partial charge in [0.1, 0.15) is 40.1 Å². The Morgan fingerprint density at radius 1 is 0.437 bits per heavy atom. The van der Waals surface area contributed by atoms with Crippen molar-refractivity contribution in [2.24, 2.45) is 0 Å². The van der Waals surface area contributed by atoms with Crippen LogP contribution < -0.4 is 67.5 Å². The topological polar surface area (TPSA) is 411 Å². The van der Waals surface area contributed by atoms with E-state index in [0.717, 1.165) is 40.9 Å². The number of nitrogens with two attached hydrogens (primary N) is 2. The minimum Gasteiger partial charge on any atom is -0.497 e. The van der Waals surface area contributed by atoms with Crippen LogP contribution in [0.25, 0.3) is 10.9 Å². The molecule has 11 N–H and O–H groups in total. The maximum absolute atomic E-state index is 13.9. The molecule has 6 heterocycles. The first-order chi connectivity index (χ1) is 64.7. The molecule has 17 rings (SSSR count). The molecule has 0 saturated carbocycles. The van der Waals surface area contributed by atoms with Crippen LogP contribution >= 0.6 is 0 Å². The van der Waals surface area contributed by atoms with Gasteiger partial charge >= 0.3 is 35.3 Å². The van der Waals surface area contributed by atoms with Gasteiger partial charge in [0.25, 0.3) is 17.7 Å². The number of carbonyl (C=O) groups is 8. The van der Waals surface area contributed by atoms with Crippen LogP contribution in [0.4, 0.5) is 66.2 Å². The van der Waals surface area contributed by atoms with E-state index in [-0.39, 0.29) is 63.0 Å². The second-order valence-electron chi connectivity index (χ2n) is 31.6. The third-order valence-electron chi connectivity index (χ3n) is 22.8. The molecule has 135 heavy (non-hydrogen) atoms. The number of anilines is 7. The smallest absolute Gasteiger partial charge is 0.419 e. The number of hydrogen-bond donors (Lipinski definition) is 9. The molecule has 36 heteroatoms. The molecule has 0 atom stereocenters. The first-order valence-electron chi connectivity index (χ1n) is 42.3. The average molecular weight is 1860 g/mol. The van der Waals surface area contributed by atoms with Crippen molar-refractivity contribution in [2.45, 2.75) is 76.4 Å². The van der Waals surface area contributed by atoms with Crippen molar-refractivity contribution in [3.63, 3.8) is 0 Å². The Morgan fingerprint density at radius 2 is 0.815 bits per heavy atom. The summed E-state index contributed by atoms with van der Waals surface area (Å²) in [5, 5.41) is 36.9. The number of benzene rings is 11. The van der Waals surface area contributed by atoms with E-state index in [1.54, 1.807) is 130 Å². The molecule has 0 radical (unpaired) electrons. The van der Waals surface area contributed by atoms with Gasteiger partial charge in [-0.2, -0.15) is 0 Å². The van der Waals surface area contributed by atoms with Gasteiger partial charge in [0.2, 0.25) is 0 Å². The zero-order valence-corrected chi connectivity index (χ0v) is 73.7. The van der Waals surface area contributed by atoms with Crippen molar-refractivity contribution in [1.29, 1.82) is 0 Å². The van der Waals surface area contributed by atoms with Crippen molar-refractivity contribution in [3.8, 4) is 23.0 Å². The number of ether oxygens (including phenoxy) is 5. The normalized spacial score (nSPS) is 14.6. The Balaban J connectivity index is 0.000000155. The van der Waals surface area contributed by atoms with E-state index in [4.69, 9.17) is 45.4 Å². The monoisotopic (exact) mass is 1860 g/mol. The van der Waals surface area contributed by atoms with E-state index in [0.29, 0.717) is 165 Å². The number of hydrogen-bond acceptors (Lipinski definition) is 23. The number of H-pyrrole nitrogens is 1. The average Bonchev–Trinajstić information content (AvgIpc) is 0.734. The molecular weight excluding hydrogens is 1760 g/mol. The lowest BCUT2D eigenvalue weighted by Crippen LogP contribution is -2.64. The molecule has 2 spiro atoms. The highest BCUT2D eigenvalue weighted by Crippen LogP contribution is 2.45. The highest BCUT2D eigenvalue weighted by molar-refractivity contribution is 6.15. The van der Waals surface area contributed by atoms with Gasteiger partial charge in [0.05, 0.1) is 84.9 Å². The number of Topliss-reactive ketones (excluding diaryl/α,β-unsaturated/α-hetero) is 1. The predicted octanol–water partition coefficient (Wildman–Crippen LogP) is 15.8. The Morgan fingerprint density at radius 3 is 1.22 bits per heavy atom. The number of aromatic amines is 1. The largest absolute Gasteiger partial charge is 0.497 e. The summed E-state index contributed by atoms with van der Waals surface area (Å²) in [6, 6.07) is 57.5. The van der Waals surface area contributed by atoms with Gasteiger partial charge in [-0.1, -0.05) is 18.2 Å². The third-order valence-corrected chi connectivity index (χ3v) is 22.8. The molecular formula is C99H95F6N11O19. The summed E-state index contributed by atoms with van der Waals surface area (Å²) in [6.07, 6.45) is 3.32. The Hall–Kier alpha value is -15.8. The van der Waals surface area contributed by atoms with Gasteiger partial charge in [0.15, 0.2) is 34.9 Å². The van der Waals surface area contributed by atoms with Crippen molar-refractivity contribution in [2.75, 3.05) is 112 Å². The molecule has 11 aromatic carbocycles. The Kier molecular flexibility index (Phi) is 32.3. The number of halogens is 6. The van der Waals surface area contributed by atoms with Crippen molar-refractivity contribution in [3.05, 3.63) is 336 Å². The number of likely N-dealkylation sites (tertiary alicyclic amines) is 3. The zero-order valence-electron chi connectivity index (χ0n) is 73.7. The molecule has 3 amide bonds. The maximum atomic E-state index is 13.9. The number of methoxy groups -OCH3 is 4. The summed E-state index contributed by atoms with van der Waals surface area (Å²) in [6.45, 7) is 7.29. The minimum atomic E-state index is -1.13. The summed E-state index contributed by atoms with van der Waals surface area (Å²) in [5.74, 6) is -7.44. The number of ketones is 1. The fourth-order valence-electron chi connectivity index (χ4n) is 15.7. The number of nitrogens with one attached hydrogen (secondary N) is 4. The molecule has 5 aliphatic rings. The number of nitrogens with zero attached hydrogens (tertiary/aromatic N) is 5. The minimum absolute atomic E-state index is 0.0104. The third kappa shape index (κ3) is 24.7. The predicted molar refractivity (Wildman–Crippen MR) is 492 cm³/mol. The second kappa shape index (κ2) is 44.4. The van der Waals surface area contributed by atoms with Gasteiger partial charge in [-0.25, -0.2) is 55.1 Å². The SMILES string of the molecule is CCOC(=O)c1ccc2c(c1)NC1(CCN(Cc3ccc(F)c(F)c3)CC1)N(c1ccc(OC)cc1)C2=O.COc1ccc(N)cc1.COc1ccc(N2C(=O)c3ccc(C(=O)O)cc3NC23CCN(Cc2ccc(F)c(F)c2)CC3)cc1.COc1ccc(NC(=O)c2ccc(C(=O)O)cc2N)cc1.O=C(O)c1ccc2c(=O)oc(=O)[nH]c2c1.O=C1CCN(Cc2ccc(F)c(F)c2)CC1. The Bertz CT molecular complexity index is 6470. The number of carboxylic acid groups (broad SMARTS) is 3. The summed E-state index contributed by atoms with van der Waals surface area (Å²) in [5.41, 5.74) is 16.6. The molecule has 1 aromatic heterocycles. The first-order valence-corrected chi connectivity index (χ1v) is 42.3. The maximum Gasteiger partial charge on any atom is 0.419 e. The van der Waals surface area contributed by atoms with Gasteiger partial charge in [0, 0.05) is 137 Å². The molecule has 3 fully saturated rings. The number of fused-ring (bicyclic) bond motifs is 3. The van der Waals surface area contributed by atoms with Gasteiger partial charge in [-0.05, 0) is 230 Å². The molecule has 30 nitrogen and oxygen atoms in total. The zero-order chi connectivity index (χ0) is 97.0. The standard InChI is InChI=1S/C29H29F2N3O4.C27H25F2N3O4.C15H14N2O4.C12H13F2NO.C9H5NO5.C7H9NO/c1-3-38-28(36)20-5-10-23-26(17-20)32-29(34(27(23)35)21-6-8-22(37-2)9-7-21)12-14-33(15-13-29)18-19-4-11-24(30)25(31)16-19;1-36-20-6-4-19(5-7-20)32-25(33)21-8-3-18(26(34)35)15-24(21)30-27(32)10-12-31(13-11-27)16-17-2-9-22(28)23(29)14-17;1-21-11-5-3-10(4-6-11)17-14(18)12-7-2-9(15(19)20)8-13(12)16;13-11-2-1-9(7-12(11)14)8-15-5-3-10(16)4-6-15;11-7(12)4-1-2-5-6(3-4)10-9(14)15-8(5)13;1-9-7-4-2-6(8)3-5-7/h4-11,16-17,32H,3,12-15,18H2,1-2H3;2-9,14-15,30H,10-13,16H2,1H3,(H,34,35);2-8H,16H2,1H3,(H,17,18)(H,19,20);1-2,7H,3-6,8H2;1-3H,(H,10,14)(H,11,12);2-5H,8H2,1H3. The van der Waals surface area contributed by atoms with Crippen LogP contribution in [-0.2, 0) is 29.2 Å². The van der Waals surface area contributed by atoms with Gasteiger partial charge in [-0.3, -0.25) is 48.7 Å². The van der Waals surface area contributed by atoms with Crippen LogP contribution in [0.2, 0.25) is 0 Å². The molecule has 0 aliphatic carbocycles. The van der Waals surface area contributed by atoms with Crippen LogP contribution in [-0.4, -0.2) is 168 Å². The molecule has 12 aromatic rings. The summed E-state index contributed by atoms with van der Waals surface area (Å²) >= 11 is 0. The van der Waals surface area contributed by atoms with Crippen molar-refractivity contribution < 1.29 is 108 Å². The first kappa shape index (κ1) is 98.2. The van der Waals surface area contributed by atoms with Crippen molar-refractivity contribution >= 4 is 98.1 Å². The molecule has 0 bridgehead atoms. The number of carboxylic acids is 3. The molecule has 3 saturated heterocycles. The quantitative estimate of drug-likeness (QED) is 0.0206. The second-order valence-corrected chi connectivity index (χ2v) is 31.6. The number of carbonyl (C=O) groups excluding carboxylic acids is 5. The van der Waals surface area contributed by atoms with E-state index in [2.05, 4.69) is 40.1 Å². The van der Waals surface area contributed by atoms with Gasteiger partial charge < -0.3 is 70.8 Å². The molecule has 5 aliphatic heterocycles. The van der Waals surface area contributed by atoms with E-state index in [9.17, 15) is 79.4 Å². The van der Waals surface area contributed by atoms with E-state index in [1.807, 2.05) is 48.5 Å². The number of rotatable bonds is 19. The van der Waals surface area contributed by atoms with E-state index in [1.165, 1.54) is 72.8 Å². The fraction of sp³-hybridized carbons (Fsp3) is 0.232. The number of piperidine rings is 3. The lowest BCUT2D eigenvalue weighted by molar-refractivity contribution is -0.121. The van der Waals surface area contributed by atoms with Crippen LogP contribution in [0.15, 0.2) is 238 Å². The highest BCUT2D eigenvalue weighted by Gasteiger charge is 2.50. The molecule has 702 valence electrons. The van der Waals surface area contributed by atoms with Crippen LogP contribution in [0.1, 0.15) is 135 Å². The highest BCUT2D eigenvalue weighted by atomic mass is 19.2. The van der Waals surface area contributed by atoms with Crippen LogP contribution in [0.3, 0.4) is 0 Å².